The fourth-order valence-electron chi connectivity index (χ4n) is 3.24. The van der Waals surface area contributed by atoms with Crippen molar-refractivity contribution in [1.29, 1.82) is 0 Å². The number of hydrogen-bond acceptors (Lipinski definition) is 5. The van der Waals surface area contributed by atoms with Gasteiger partial charge in [-0.15, -0.1) is 11.8 Å². The van der Waals surface area contributed by atoms with Crippen molar-refractivity contribution < 1.29 is 19.5 Å². The molecule has 0 aliphatic carbocycles. The van der Waals surface area contributed by atoms with Crippen molar-refractivity contribution in [2.24, 2.45) is 0 Å². The number of nitrogens with two attached hydrogens (primary N) is 1. The minimum atomic E-state index is -1.02. The molecule has 2 aliphatic heterocycles. The molecule has 0 bridgehead atoms. The number of carbonyl (C=O) groups is 3. The van der Waals surface area contributed by atoms with Crippen LogP contribution in [0.1, 0.15) is 19.4 Å². The van der Waals surface area contributed by atoms with Gasteiger partial charge in [-0.2, -0.15) is 0 Å². The summed E-state index contributed by atoms with van der Waals surface area (Å²) in [6.45, 7) is 3.59. The van der Waals surface area contributed by atoms with Gasteiger partial charge in [-0.05, 0) is 25.5 Å². The van der Waals surface area contributed by atoms with E-state index < -0.39 is 22.8 Å². The van der Waals surface area contributed by atoms with Crippen molar-refractivity contribution in [3.63, 3.8) is 0 Å². The van der Waals surface area contributed by atoms with Crippen molar-refractivity contribution in [3.8, 4) is 0 Å². The Hall–Kier alpha value is -2.22. The van der Waals surface area contributed by atoms with E-state index in [9.17, 15) is 19.5 Å². The lowest BCUT2D eigenvalue weighted by Crippen LogP contribution is -2.70. The van der Waals surface area contributed by atoms with Crippen molar-refractivity contribution in [2.75, 3.05) is 5.73 Å². The third-order valence-electron chi connectivity index (χ3n) is 4.40. The highest BCUT2D eigenvalue weighted by Crippen LogP contribution is 2.50. The van der Waals surface area contributed by atoms with Crippen LogP contribution in [0.15, 0.2) is 24.3 Å². The molecular formula is C16H19N3O4S. The average molecular weight is 349 g/mol. The van der Waals surface area contributed by atoms with Crippen LogP contribution in [0, 0.1) is 0 Å². The Morgan fingerprint density at radius 1 is 1.38 bits per heavy atom. The van der Waals surface area contributed by atoms with E-state index in [1.165, 1.54) is 16.7 Å². The summed E-state index contributed by atoms with van der Waals surface area (Å²) < 4.78 is -0.602. The summed E-state index contributed by atoms with van der Waals surface area (Å²) in [4.78, 5) is 37.3. The number of hydrogen-bond donors (Lipinski definition) is 3. The number of carboxylic acid groups (broad SMARTS) is 1. The molecule has 2 amide bonds. The van der Waals surface area contributed by atoms with Gasteiger partial charge in [0.05, 0.1) is 6.42 Å². The molecule has 0 radical (unpaired) electrons. The van der Waals surface area contributed by atoms with Crippen molar-refractivity contribution >= 4 is 35.2 Å². The summed E-state index contributed by atoms with van der Waals surface area (Å²) in [5.41, 5.74) is 7.04. The number of aliphatic carboxylic acids is 1. The molecule has 0 saturated carbocycles. The van der Waals surface area contributed by atoms with Gasteiger partial charge in [0.25, 0.3) is 0 Å². The number of thioether (sulfide) groups is 1. The third-order valence-corrected chi connectivity index (χ3v) is 5.97. The maximum Gasteiger partial charge on any atom is 0.327 e. The Kier molecular flexibility index (Phi) is 3.95. The molecule has 4 N–H and O–H groups in total. The van der Waals surface area contributed by atoms with Crippen molar-refractivity contribution in [1.82, 2.24) is 10.2 Å². The van der Waals surface area contributed by atoms with E-state index in [0.717, 1.165) is 0 Å². The molecule has 2 saturated heterocycles. The van der Waals surface area contributed by atoms with E-state index in [1.54, 1.807) is 38.1 Å². The minimum absolute atomic E-state index is 0.0829. The molecule has 3 rings (SSSR count). The zero-order valence-corrected chi connectivity index (χ0v) is 14.2. The molecule has 7 nitrogen and oxygen atoms in total. The molecule has 8 heteroatoms. The standard InChI is InChI=1S/C16H19N3O4S/c1-16(2)12(15(22)23)19-13(21)11(14(19)24-16)18-10(20)7-8-5-3-4-6-9(8)17/h3-6,11-12,14H,7,17H2,1-2H3,(H,18,20)(H,22,23)/t11-,12+,14-/m1/s1. The summed E-state index contributed by atoms with van der Waals surface area (Å²) >= 11 is 1.40. The number of nitrogens with zero attached hydrogens (tertiary/aromatic N) is 1. The Balaban J connectivity index is 1.68. The lowest BCUT2D eigenvalue weighted by Gasteiger charge is -2.43. The number of fused-ring (bicyclic) bond motifs is 1. The van der Waals surface area contributed by atoms with Gasteiger partial charge >= 0.3 is 5.97 Å². The maximum atomic E-state index is 12.3. The number of para-hydroxylation sites is 1. The van der Waals surface area contributed by atoms with Gasteiger partial charge in [0, 0.05) is 10.4 Å². The second kappa shape index (κ2) is 5.70. The normalized spacial score (nSPS) is 27.3. The fraction of sp³-hybridized carbons (Fsp3) is 0.438. The summed E-state index contributed by atoms with van der Waals surface area (Å²) in [5, 5.41) is 11.7. The Morgan fingerprint density at radius 2 is 2.04 bits per heavy atom. The van der Waals surface area contributed by atoms with Gasteiger partial charge in [0.1, 0.15) is 17.5 Å². The molecule has 1 aromatic carbocycles. The van der Waals surface area contributed by atoms with Crippen LogP contribution in [0.4, 0.5) is 5.69 Å². The van der Waals surface area contributed by atoms with Crippen molar-refractivity contribution in [3.05, 3.63) is 29.8 Å². The first-order valence-corrected chi connectivity index (χ1v) is 8.46. The number of β-lactam (4-membered cyclic amide) rings is 1. The van der Waals surface area contributed by atoms with Gasteiger partial charge < -0.3 is 21.1 Å². The van der Waals surface area contributed by atoms with Gasteiger partial charge in [-0.25, -0.2) is 4.79 Å². The molecule has 0 spiro atoms. The Labute approximate surface area is 143 Å². The second-order valence-corrected chi connectivity index (χ2v) is 8.29. The second-order valence-electron chi connectivity index (χ2n) is 6.52. The van der Waals surface area contributed by atoms with Gasteiger partial charge in [-0.1, -0.05) is 18.2 Å². The number of amides is 2. The summed E-state index contributed by atoms with van der Waals surface area (Å²) in [6, 6.07) is 5.49. The topological polar surface area (TPSA) is 113 Å². The highest BCUT2D eigenvalue weighted by atomic mass is 32.2. The van der Waals surface area contributed by atoms with E-state index in [-0.39, 0.29) is 23.6 Å². The first-order chi connectivity index (χ1) is 11.2. The summed E-state index contributed by atoms with van der Waals surface area (Å²) in [5.74, 6) is -1.67. The summed E-state index contributed by atoms with van der Waals surface area (Å²) in [7, 11) is 0. The molecular weight excluding hydrogens is 330 g/mol. The first kappa shape index (κ1) is 16.6. The predicted octanol–water partition coefficient (Wildman–Crippen LogP) is 0.443. The van der Waals surface area contributed by atoms with Crippen LogP contribution in [0.3, 0.4) is 0 Å². The van der Waals surface area contributed by atoms with Crippen LogP contribution < -0.4 is 11.1 Å². The number of carbonyl (C=O) groups excluding carboxylic acids is 2. The maximum absolute atomic E-state index is 12.3. The molecule has 0 unspecified atom stereocenters. The molecule has 128 valence electrons. The quantitative estimate of drug-likeness (QED) is 0.537. The number of rotatable bonds is 4. The van der Waals surface area contributed by atoms with Crippen LogP contribution in [0.5, 0.6) is 0 Å². The van der Waals surface area contributed by atoms with Crippen LogP contribution in [-0.4, -0.2) is 50.0 Å². The Morgan fingerprint density at radius 3 is 2.67 bits per heavy atom. The summed E-state index contributed by atoms with van der Waals surface area (Å²) in [6.07, 6.45) is 0.0829. The lowest BCUT2D eigenvalue weighted by molar-refractivity contribution is -0.161. The monoisotopic (exact) mass is 349 g/mol. The van der Waals surface area contributed by atoms with E-state index in [0.29, 0.717) is 11.3 Å². The highest BCUT2D eigenvalue weighted by molar-refractivity contribution is 8.01. The average Bonchev–Trinajstić information content (AvgIpc) is 2.76. The number of carboxylic acids is 1. The van der Waals surface area contributed by atoms with Crippen LogP contribution >= 0.6 is 11.8 Å². The zero-order chi connectivity index (χ0) is 17.6. The zero-order valence-electron chi connectivity index (χ0n) is 13.4. The number of benzene rings is 1. The van der Waals surface area contributed by atoms with Gasteiger partial charge in [-0.3, -0.25) is 9.59 Å². The fourth-order valence-corrected chi connectivity index (χ4v) is 4.86. The number of nitrogens with one attached hydrogen (secondary N) is 1. The molecule has 1 aromatic rings. The Bertz CT molecular complexity index is 721. The van der Waals surface area contributed by atoms with E-state index in [2.05, 4.69) is 5.32 Å². The molecule has 2 fully saturated rings. The van der Waals surface area contributed by atoms with Gasteiger partial charge in [0.15, 0.2) is 0 Å². The molecule has 0 aromatic heterocycles. The van der Waals surface area contributed by atoms with Crippen LogP contribution in [0.25, 0.3) is 0 Å². The third kappa shape index (κ3) is 2.60. The van der Waals surface area contributed by atoms with E-state index in [1.807, 2.05) is 0 Å². The molecule has 24 heavy (non-hydrogen) atoms. The van der Waals surface area contributed by atoms with E-state index >= 15 is 0 Å². The van der Waals surface area contributed by atoms with Crippen molar-refractivity contribution in [2.45, 2.75) is 42.5 Å². The smallest absolute Gasteiger partial charge is 0.327 e. The SMILES string of the molecule is CC1(C)S[C@@H]2[C@H](NC(=O)Cc3ccccc3N)C(=O)N2[C@H]1C(=O)O. The van der Waals surface area contributed by atoms with Crippen LogP contribution in [0.2, 0.25) is 0 Å². The molecule has 3 atom stereocenters. The lowest BCUT2D eigenvalue weighted by atomic mass is 9.96. The highest BCUT2D eigenvalue weighted by Gasteiger charge is 2.64. The minimum Gasteiger partial charge on any atom is -0.480 e. The predicted molar refractivity (Wildman–Crippen MR) is 90.2 cm³/mol. The van der Waals surface area contributed by atoms with E-state index in [4.69, 9.17) is 5.73 Å². The molecule has 2 aliphatic rings. The largest absolute Gasteiger partial charge is 0.480 e. The van der Waals surface area contributed by atoms with Crippen LogP contribution in [-0.2, 0) is 20.8 Å². The first-order valence-electron chi connectivity index (χ1n) is 7.58. The van der Waals surface area contributed by atoms with Gasteiger partial charge in [0.2, 0.25) is 11.8 Å². The molecule has 2 heterocycles. The number of anilines is 1. The number of nitrogen functional groups attached to an aromatic ring is 1.